The number of hydrogen-bond donors (Lipinski definition) is 0. The molecule has 0 aromatic heterocycles. The van der Waals surface area contributed by atoms with Crippen molar-refractivity contribution in [2.45, 2.75) is 44.6 Å². The van der Waals surface area contributed by atoms with Crippen LogP contribution in [0.5, 0.6) is 0 Å². The topological polar surface area (TPSA) is 23.1 Å². The summed E-state index contributed by atoms with van der Waals surface area (Å²) in [4.78, 5) is 0. The van der Waals surface area contributed by atoms with E-state index in [4.69, 9.17) is 0 Å². The van der Waals surface area contributed by atoms with E-state index in [1.54, 1.807) is 0 Å². The number of hydrogen-bond acceptors (Lipinski definition) is 1. The van der Waals surface area contributed by atoms with Crippen molar-refractivity contribution in [3.8, 4) is 0 Å². The Labute approximate surface area is 109 Å². The molecule has 0 radical (unpaired) electrons. The van der Waals surface area contributed by atoms with Crippen LogP contribution in [0.15, 0.2) is 0 Å². The molecule has 14 heavy (non-hydrogen) atoms. The van der Waals surface area contributed by atoms with E-state index in [2.05, 4.69) is 0 Å². The van der Waals surface area contributed by atoms with Gasteiger partial charge in [0.15, 0.2) is 0 Å². The Morgan fingerprint density at radius 2 is 1.29 bits per heavy atom. The zero-order valence-electron chi connectivity index (χ0n) is 8.84. The molecule has 0 aromatic carbocycles. The molecule has 76 valence electrons. The fraction of sp³-hybridized carbons (Fsp3) is 1.00. The van der Waals surface area contributed by atoms with Gasteiger partial charge in [-0.25, -0.2) is 0 Å². The van der Waals surface area contributed by atoms with E-state index in [0.29, 0.717) is 11.8 Å². The van der Waals surface area contributed by atoms with Gasteiger partial charge < -0.3 is 17.5 Å². The molecule has 4 fully saturated rings. The van der Waals surface area contributed by atoms with Crippen LogP contribution >= 0.6 is 0 Å². The summed E-state index contributed by atoms with van der Waals surface area (Å²) in [5, 5.41) is 12.2. The van der Waals surface area contributed by atoms with Crippen molar-refractivity contribution in [2.75, 3.05) is 0 Å². The second-order valence-electron chi connectivity index (χ2n) is 5.49. The Hall–Kier alpha value is 1.02. The van der Waals surface area contributed by atoms with Crippen LogP contribution in [0.2, 0.25) is 0 Å². The smallest absolute Gasteiger partial charge is 1.00 e. The first kappa shape index (κ1) is 13.1. The van der Waals surface area contributed by atoms with Crippen molar-refractivity contribution < 1.29 is 17.5 Å². The Kier molecular flexibility index (Phi) is 3.85. The third kappa shape index (κ3) is 1.72. The second kappa shape index (κ2) is 4.12. The molecule has 0 N–H and O–H groups in total. The van der Waals surface area contributed by atoms with E-state index in [1.807, 2.05) is 6.92 Å². The molecular weight excluding hydrogens is 208 g/mol. The van der Waals surface area contributed by atoms with Crippen LogP contribution in [-0.2, 0) is 0 Å². The van der Waals surface area contributed by atoms with Crippen molar-refractivity contribution >= 4 is 23.1 Å². The number of halogens is 1. The van der Waals surface area contributed by atoms with Gasteiger partial charge in [-0.05, 0) is 43.9 Å². The van der Waals surface area contributed by atoms with Crippen molar-refractivity contribution in [3.63, 3.8) is 0 Å². The minimum absolute atomic E-state index is 0. The predicted octanol–water partition coefficient (Wildman–Crippen LogP) is -1.82. The summed E-state index contributed by atoms with van der Waals surface area (Å²) in [7, 11) is 0. The van der Waals surface area contributed by atoms with Crippen molar-refractivity contribution in [1.29, 1.82) is 0 Å². The minimum Gasteiger partial charge on any atom is -1.00 e. The minimum atomic E-state index is -0.548. The monoisotopic (exact) mass is 224 g/mol. The largest absolute Gasteiger partial charge is 2.00 e. The van der Waals surface area contributed by atoms with Gasteiger partial charge in [-0.1, -0.05) is 18.8 Å². The quantitative estimate of drug-likeness (QED) is 0.445. The van der Waals surface area contributed by atoms with Crippen LogP contribution in [0.1, 0.15) is 39.0 Å². The molecule has 4 aliphatic carbocycles. The summed E-state index contributed by atoms with van der Waals surface area (Å²) in [6.45, 7) is 1.97. The van der Waals surface area contributed by atoms with Crippen LogP contribution < -0.4 is 17.5 Å². The van der Waals surface area contributed by atoms with Gasteiger partial charge in [-0.2, -0.15) is 0 Å². The van der Waals surface area contributed by atoms with Crippen molar-refractivity contribution in [1.82, 2.24) is 0 Å². The van der Waals surface area contributed by atoms with E-state index in [0.717, 1.165) is 11.8 Å². The summed E-state index contributed by atoms with van der Waals surface area (Å²) in [5.41, 5.74) is -0.548. The zero-order chi connectivity index (χ0) is 8.34. The molecule has 4 bridgehead atoms. The van der Waals surface area contributed by atoms with E-state index >= 15 is 0 Å². The second-order valence-corrected chi connectivity index (χ2v) is 5.49. The molecule has 0 amide bonds. The zero-order valence-corrected chi connectivity index (χ0v) is 11.0. The molecular formula is C11H17ClMgO. The van der Waals surface area contributed by atoms with Gasteiger partial charge in [0.1, 0.15) is 0 Å². The summed E-state index contributed by atoms with van der Waals surface area (Å²) >= 11 is 0. The van der Waals surface area contributed by atoms with E-state index in [-0.39, 0.29) is 35.5 Å². The third-order valence-corrected chi connectivity index (χ3v) is 4.76. The van der Waals surface area contributed by atoms with Crippen LogP contribution in [0.25, 0.3) is 0 Å². The summed E-state index contributed by atoms with van der Waals surface area (Å²) in [6.07, 6.45) is 6.48. The molecule has 0 aliphatic heterocycles. The molecule has 4 rings (SSSR count). The molecule has 0 spiro atoms. The van der Waals surface area contributed by atoms with Gasteiger partial charge in [0.05, 0.1) is 0 Å². The van der Waals surface area contributed by atoms with Gasteiger partial charge in [-0.15, -0.1) is 5.60 Å². The molecule has 0 atom stereocenters. The van der Waals surface area contributed by atoms with E-state index < -0.39 is 5.60 Å². The Morgan fingerprint density at radius 3 is 1.64 bits per heavy atom. The van der Waals surface area contributed by atoms with E-state index in [1.165, 1.54) is 32.1 Å². The van der Waals surface area contributed by atoms with Crippen LogP contribution in [0, 0.1) is 23.7 Å². The summed E-state index contributed by atoms with van der Waals surface area (Å²) < 4.78 is 0. The first-order chi connectivity index (χ1) is 5.66. The molecule has 4 aliphatic rings. The Balaban J connectivity index is 0.000000490. The predicted molar refractivity (Wildman–Crippen MR) is 51.2 cm³/mol. The Bertz CT molecular complexity index is 187. The third-order valence-electron chi connectivity index (χ3n) is 4.76. The number of rotatable bonds is 0. The molecule has 3 heteroatoms. The van der Waals surface area contributed by atoms with Gasteiger partial charge in [-0.3, -0.25) is 0 Å². The molecule has 0 aromatic rings. The van der Waals surface area contributed by atoms with Gasteiger partial charge >= 0.3 is 23.1 Å². The maximum Gasteiger partial charge on any atom is 2.00 e. The molecule has 0 saturated heterocycles. The first-order valence-corrected chi connectivity index (χ1v) is 5.36. The average Bonchev–Trinajstić information content (AvgIpc) is 1.99. The maximum atomic E-state index is 12.2. The van der Waals surface area contributed by atoms with Crippen LogP contribution in [-0.4, -0.2) is 28.7 Å². The average molecular weight is 225 g/mol. The standard InChI is InChI=1S/C11H17O.ClH.Mg/c1-11(12)9-3-7-2-8(5-9)6-10(11)4-7;;/h7-10H,2-6H2,1H3;1H;/q-1;;+2/p-1. The molecule has 1 nitrogen and oxygen atoms in total. The summed E-state index contributed by atoms with van der Waals surface area (Å²) in [5.74, 6) is 2.95. The van der Waals surface area contributed by atoms with Crippen molar-refractivity contribution in [2.24, 2.45) is 23.7 Å². The van der Waals surface area contributed by atoms with Gasteiger partial charge in [0.2, 0.25) is 0 Å². The van der Waals surface area contributed by atoms with Gasteiger partial charge in [0, 0.05) is 0 Å². The molecule has 0 heterocycles. The molecule has 0 unspecified atom stereocenters. The van der Waals surface area contributed by atoms with Gasteiger partial charge in [0.25, 0.3) is 0 Å². The van der Waals surface area contributed by atoms with E-state index in [9.17, 15) is 5.11 Å². The normalized spacial score (nSPS) is 53.6. The Morgan fingerprint density at radius 1 is 0.929 bits per heavy atom. The first-order valence-electron chi connectivity index (χ1n) is 5.36. The maximum absolute atomic E-state index is 12.2. The fourth-order valence-corrected chi connectivity index (χ4v) is 4.12. The fourth-order valence-electron chi connectivity index (χ4n) is 4.12. The SMILES string of the molecule is CC1([O-])C2CC3CC(C2)CC1C3.[Cl-].[Mg+2]. The van der Waals surface area contributed by atoms with Crippen LogP contribution in [0.3, 0.4) is 0 Å². The summed E-state index contributed by atoms with van der Waals surface area (Å²) in [6, 6.07) is 0. The molecule has 4 saturated carbocycles. The van der Waals surface area contributed by atoms with Crippen molar-refractivity contribution in [3.05, 3.63) is 0 Å². The van der Waals surface area contributed by atoms with Crippen LogP contribution in [0.4, 0.5) is 0 Å².